The molecule has 6 heteroatoms. The molecule has 0 spiro atoms. The molecule has 2 saturated heterocycles. The lowest BCUT2D eigenvalue weighted by Crippen LogP contribution is -2.32. The van der Waals surface area contributed by atoms with E-state index in [1.165, 1.54) is 0 Å². The van der Waals surface area contributed by atoms with Crippen molar-refractivity contribution < 1.29 is 9.59 Å². The quantitative estimate of drug-likeness (QED) is 0.853. The number of halogens is 1. The van der Waals surface area contributed by atoms with E-state index < -0.39 is 0 Å². The summed E-state index contributed by atoms with van der Waals surface area (Å²) in [7, 11) is 0. The first-order valence-corrected chi connectivity index (χ1v) is 9.09. The Bertz CT molecular complexity index is 829. The average Bonchev–Trinajstić information content (AvgIpc) is 3.25. The molecule has 2 amide bonds. The summed E-state index contributed by atoms with van der Waals surface area (Å²) < 4.78 is 0. The summed E-state index contributed by atoms with van der Waals surface area (Å²) in [5.74, 6) is 1.03. The molecule has 0 unspecified atom stereocenters. The zero-order valence-electron chi connectivity index (χ0n) is 15.3. The van der Waals surface area contributed by atoms with Gasteiger partial charge in [0.2, 0.25) is 0 Å². The molecule has 142 valence electrons. The molecule has 2 atom stereocenters. The molecule has 0 radical (unpaired) electrons. The van der Waals surface area contributed by atoms with Crippen molar-refractivity contribution in [1.82, 2.24) is 10.2 Å². The lowest BCUT2D eigenvalue weighted by Gasteiger charge is -2.18. The molecule has 2 aliphatic rings. The van der Waals surface area contributed by atoms with Crippen molar-refractivity contribution in [3.63, 3.8) is 0 Å². The number of carbonyl (C=O) groups excluding carboxylic acids is 2. The van der Waals surface area contributed by atoms with Crippen molar-refractivity contribution in [3.05, 3.63) is 65.2 Å². The van der Waals surface area contributed by atoms with Gasteiger partial charge < -0.3 is 15.5 Å². The number of aryl methyl sites for hydroxylation is 1. The first-order valence-electron chi connectivity index (χ1n) is 9.09. The van der Waals surface area contributed by atoms with Crippen LogP contribution < -0.4 is 10.6 Å². The van der Waals surface area contributed by atoms with Crippen molar-refractivity contribution in [2.75, 3.05) is 31.5 Å². The monoisotopic (exact) mass is 385 g/mol. The molecule has 2 N–H and O–H groups in total. The van der Waals surface area contributed by atoms with Crippen LogP contribution in [0.25, 0.3) is 0 Å². The Morgan fingerprint density at radius 3 is 2.33 bits per heavy atom. The summed E-state index contributed by atoms with van der Waals surface area (Å²) in [6, 6.07) is 14.6. The van der Waals surface area contributed by atoms with E-state index in [1.54, 1.807) is 18.2 Å². The number of amides is 2. The third-order valence-electron chi connectivity index (χ3n) is 5.45. The summed E-state index contributed by atoms with van der Waals surface area (Å²) in [6.45, 7) is 5.56. The highest BCUT2D eigenvalue weighted by atomic mass is 35.5. The summed E-state index contributed by atoms with van der Waals surface area (Å²) in [5, 5.41) is 6.32. The van der Waals surface area contributed by atoms with Crippen LogP contribution in [0.2, 0.25) is 0 Å². The molecule has 2 fully saturated rings. The van der Waals surface area contributed by atoms with E-state index in [-0.39, 0.29) is 24.2 Å². The van der Waals surface area contributed by atoms with Crippen molar-refractivity contribution in [2.45, 2.75) is 6.92 Å². The number of hydrogen-bond acceptors (Lipinski definition) is 3. The minimum Gasteiger partial charge on any atom is -0.338 e. The largest absolute Gasteiger partial charge is 0.338 e. The Morgan fingerprint density at radius 2 is 1.67 bits per heavy atom. The van der Waals surface area contributed by atoms with Gasteiger partial charge in [0.1, 0.15) is 0 Å². The van der Waals surface area contributed by atoms with E-state index in [0.717, 1.165) is 31.7 Å². The fourth-order valence-corrected chi connectivity index (χ4v) is 3.88. The Kier molecular flexibility index (Phi) is 5.82. The maximum absolute atomic E-state index is 12.9. The Balaban J connectivity index is 0.00000210. The minimum absolute atomic E-state index is 0. The van der Waals surface area contributed by atoms with Crippen LogP contribution in [0.5, 0.6) is 0 Å². The van der Waals surface area contributed by atoms with Crippen LogP contribution in [-0.2, 0) is 0 Å². The third-order valence-corrected chi connectivity index (χ3v) is 5.45. The predicted octanol–water partition coefficient (Wildman–Crippen LogP) is 2.96. The van der Waals surface area contributed by atoms with Crippen molar-refractivity contribution in [2.24, 2.45) is 11.8 Å². The molecule has 2 aromatic carbocycles. The highest BCUT2D eigenvalue weighted by molar-refractivity contribution is 6.05. The molecule has 5 nitrogen and oxygen atoms in total. The Labute approximate surface area is 165 Å². The van der Waals surface area contributed by atoms with E-state index in [0.29, 0.717) is 28.7 Å². The maximum Gasteiger partial charge on any atom is 0.255 e. The molecule has 2 aliphatic heterocycles. The zero-order valence-corrected chi connectivity index (χ0v) is 16.1. The van der Waals surface area contributed by atoms with E-state index in [1.807, 2.05) is 42.2 Å². The molecule has 0 bridgehead atoms. The average molecular weight is 386 g/mol. The number of carbonyl (C=O) groups is 2. The smallest absolute Gasteiger partial charge is 0.255 e. The summed E-state index contributed by atoms with van der Waals surface area (Å²) in [4.78, 5) is 27.3. The highest BCUT2D eigenvalue weighted by Gasteiger charge is 2.38. The lowest BCUT2D eigenvalue weighted by molar-refractivity contribution is 0.0781. The highest BCUT2D eigenvalue weighted by Crippen LogP contribution is 2.28. The number of hydrogen-bond donors (Lipinski definition) is 2. The molecule has 0 aromatic heterocycles. The first kappa shape index (κ1) is 19.4. The van der Waals surface area contributed by atoms with Crippen LogP contribution in [-0.4, -0.2) is 42.9 Å². The molecule has 2 heterocycles. The second-order valence-electron chi connectivity index (χ2n) is 7.24. The van der Waals surface area contributed by atoms with Gasteiger partial charge in [-0.25, -0.2) is 0 Å². The predicted molar refractivity (Wildman–Crippen MR) is 109 cm³/mol. The van der Waals surface area contributed by atoms with Gasteiger partial charge in [-0.1, -0.05) is 24.3 Å². The number of nitrogens with one attached hydrogen (secondary N) is 2. The van der Waals surface area contributed by atoms with Gasteiger partial charge in [0, 0.05) is 43.0 Å². The van der Waals surface area contributed by atoms with Gasteiger partial charge >= 0.3 is 0 Å². The van der Waals surface area contributed by atoms with Crippen LogP contribution >= 0.6 is 12.4 Å². The third kappa shape index (κ3) is 3.99. The molecular weight excluding hydrogens is 362 g/mol. The van der Waals surface area contributed by atoms with Gasteiger partial charge in [-0.2, -0.15) is 0 Å². The maximum atomic E-state index is 12.9. The van der Waals surface area contributed by atoms with Crippen molar-refractivity contribution in [1.29, 1.82) is 0 Å². The minimum atomic E-state index is -0.167. The number of likely N-dealkylation sites (tertiary alicyclic amines) is 1. The molecule has 0 saturated carbocycles. The molecule has 4 rings (SSSR count). The van der Waals surface area contributed by atoms with Gasteiger partial charge in [0.25, 0.3) is 11.8 Å². The van der Waals surface area contributed by atoms with Gasteiger partial charge in [-0.15, -0.1) is 12.4 Å². The fourth-order valence-electron chi connectivity index (χ4n) is 3.88. The summed E-state index contributed by atoms with van der Waals surface area (Å²) in [6.07, 6.45) is 0. The van der Waals surface area contributed by atoms with E-state index >= 15 is 0 Å². The van der Waals surface area contributed by atoms with Crippen LogP contribution in [0.3, 0.4) is 0 Å². The van der Waals surface area contributed by atoms with Crippen molar-refractivity contribution >= 4 is 29.9 Å². The Hall–Kier alpha value is -2.37. The van der Waals surface area contributed by atoms with E-state index in [2.05, 4.69) is 10.6 Å². The topological polar surface area (TPSA) is 61.4 Å². The molecule has 2 aromatic rings. The Morgan fingerprint density at radius 1 is 1.00 bits per heavy atom. The zero-order chi connectivity index (χ0) is 18.1. The van der Waals surface area contributed by atoms with Crippen molar-refractivity contribution in [3.8, 4) is 0 Å². The van der Waals surface area contributed by atoms with Crippen LogP contribution in [0.15, 0.2) is 48.5 Å². The number of benzene rings is 2. The SMILES string of the molecule is Cc1ccc(C(=O)N2C[C@H]3CNC[C@H]3C2)cc1NC(=O)c1ccccc1.Cl. The standard InChI is InChI=1S/C21H23N3O2.ClH/c1-14-7-8-16(21(26)24-12-17-10-22-11-18(17)13-24)9-19(14)23-20(25)15-5-3-2-4-6-15;/h2-9,17-18,22H,10-13H2,1H3,(H,23,25);1H/t17-,18+;. The fraction of sp³-hybridized carbons (Fsp3) is 0.333. The lowest BCUT2D eigenvalue weighted by atomic mass is 10.0. The number of rotatable bonds is 3. The molecule has 27 heavy (non-hydrogen) atoms. The number of nitrogens with zero attached hydrogens (tertiary/aromatic N) is 1. The van der Waals surface area contributed by atoms with Crippen LogP contribution in [0.4, 0.5) is 5.69 Å². The first-order chi connectivity index (χ1) is 12.6. The van der Waals surface area contributed by atoms with Crippen LogP contribution in [0.1, 0.15) is 26.3 Å². The van der Waals surface area contributed by atoms with Gasteiger partial charge in [0.15, 0.2) is 0 Å². The van der Waals surface area contributed by atoms with Crippen LogP contribution in [0, 0.1) is 18.8 Å². The molecular formula is C21H24ClN3O2. The molecule has 0 aliphatic carbocycles. The summed E-state index contributed by atoms with van der Waals surface area (Å²) >= 11 is 0. The normalized spacial score (nSPS) is 20.7. The second kappa shape index (κ2) is 8.11. The van der Waals surface area contributed by atoms with E-state index in [4.69, 9.17) is 0 Å². The van der Waals surface area contributed by atoms with Gasteiger partial charge in [-0.05, 0) is 48.6 Å². The van der Waals surface area contributed by atoms with E-state index in [9.17, 15) is 9.59 Å². The number of anilines is 1. The van der Waals surface area contributed by atoms with Gasteiger partial charge in [-0.3, -0.25) is 9.59 Å². The second-order valence-corrected chi connectivity index (χ2v) is 7.24. The summed E-state index contributed by atoms with van der Waals surface area (Å²) in [5.41, 5.74) is 2.86. The van der Waals surface area contributed by atoms with Gasteiger partial charge in [0.05, 0.1) is 0 Å². The number of fused-ring (bicyclic) bond motifs is 1.